The molecule has 1 aliphatic rings. The summed E-state index contributed by atoms with van der Waals surface area (Å²) in [5, 5.41) is 8.61. The molecule has 1 rings (SSSR count). The maximum absolute atomic E-state index is 10.5. The number of carboxylic acid groups (broad SMARTS) is 1. The Morgan fingerprint density at radius 1 is 1.64 bits per heavy atom. The van der Waals surface area contributed by atoms with Crippen LogP contribution < -0.4 is 0 Å². The summed E-state index contributed by atoms with van der Waals surface area (Å²) in [4.78, 5) is 10.5. The molecule has 1 saturated heterocycles. The number of rotatable bonds is 1. The van der Waals surface area contributed by atoms with E-state index in [1.165, 1.54) is 0 Å². The molecule has 0 spiro atoms. The maximum Gasteiger partial charge on any atom is 0.335 e. The van der Waals surface area contributed by atoms with E-state index in [0.717, 1.165) is 0 Å². The lowest BCUT2D eigenvalue weighted by Crippen LogP contribution is -2.28. The minimum Gasteiger partial charge on any atom is -0.479 e. The standard InChI is InChI=1S/C6H9IO4/c1-3-4(5(8)9)11-6(2,7)10-3/h3-4H,1-2H3,(H,8,9)/t3-,4-,6?/m0/s1. The third-order valence-electron chi connectivity index (χ3n) is 1.40. The molecule has 0 aromatic rings. The molecule has 0 aromatic carbocycles. The van der Waals surface area contributed by atoms with E-state index >= 15 is 0 Å². The molecule has 0 amide bonds. The summed E-state index contributed by atoms with van der Waals surface area (Å²) >= 11 is 1.92. The Balaban J connectivity index is 2.66. The van der Waals surface area contributed by atoms with E-state index in [2.05, 4.69) is 0 Å². The zero-order chi connectivity index (χ0) is 8.65. The van der Waals surface area contributed by atoms with Crippen LogP contribution >= 0.6 is 22.6 Å². The Bertz CT molecular complexity index is 179. The van der Waals surface area contributed by atoms with Gasteiger partial charge in [-0.2, -0.15) is 0 Å². The molecular weight excluding hydrogens is 263 g/mol. The highest BCUT2D eigenvalue weighted by atomic mass is 127. The Morgan fingerprint density at radius 3 is 2.36 bits per heavy atom. The highest BCUT2D eigenvalue weighted by molar-refractivity contribution is 14.1. The van der Waals surface area contributed by atoms with Crippen molar-refractivity contribution >= 4 is 28.6 Å². The van der Waals surface area contributed by atoms with Crippen LogP contribution in [0.3, 0.4) is 0 Å². The number of ether oxygens (including phenoxy) is 2. The summed E-state index contributed by atoms with van der Waals surface area (Å²) in [5.74, 6) is -0.974. The minimum absolute atomic E-state index is 0.380. The summed E-state index contributed by atoms with van der Waals surface area (Å²) < 4.78 is 9.50. The first-order valence-corrected chi connectivity index (χ1v) is 4.27. The van der Waals surface area contributed by atoms with E-state index in [1.54, 1.807) is 13.8 Å². The molecule has 1 aliphatic heterocycles. The summed E-state index contributed by atoms with van der Waals surface area (Å²) in [6.45, 7) is 3.37. The normalized spacial score (nSPS) is 44.3. The molecule has 0 radical (unpaired) electrons. The van der Waals surface area contributed by atoms with Gasteiger partial charge in [0.1, 0.15) is 0 Å². The molecule has 1 fully saturated rings. The van der Waals surface area contributed by atoms with Crippen molar-refractivity contribution in [2.45, 2.75) is 29.8 Å². The van der Waals surface area contributed by atoms with Crippen LogP contribution in [0.1, 0.15) is 13.8 Å². The van der Waals surface area contributed by atoms with Gasteiger partial charge >= 0.3 is 5.97 Å². The van der Waals surface area contributed by atoms with Gasteiger partial charge in [0.05, 0.1) is 6.10 Å². The highest BCUT2D eigenvalue weighted by Gasteiger charge is 2.44. The number of hydrogen-bond acceptors (Lipinski definition) is 3. The molecule has 0 aromatic heterocycles. The quantitative estimate of drug-likeness (QED) is 0.571. The van der Waals surface area contributed by atoms with Gasteiger partial charge in [-0.3, -0.25) is 0 Å². The molecule has 5 heteroatoms. The van der Waals surface area contributed by atoms with Crippen molar-refractivity contribution in [1.29, 1.82) is 0 Å². The highest BCUT2D eigenvalue weighted by Crippen LogP contribution is 2.33. The maximum atomic E-state index is 10.5. The number of alkyl halides is 1. The zero-order valence-electron chi connectivity index (χ0n) is 6.20. The first-order valence-electron chi connectivity index (χ1n) is 3.20. The summed E-state index contributed by atoms with van der Waals surface area (Å²) in [5.41, 5.74) is 0. The van der Waals surface area contributed by atoms with E-state index in [4.69, 9.17) is 14.6 Å². The lowest BCUT2D eigenvalue weighted by atomic mass is 10.2. The van der Waals surface area contributed by atoms with Crippen LogP contribution in [0.15, 0.2) is 0 Å². The molecule has 1 heterocycles. The number of halogens is 1. The molecule has 3 atom stereocenters. The smallest absolute Gasteiger partial charge is 0.335 e. The lowest BCUT2D eigenvalue weighted by Gasteiger charge is -2.12. The van der Waals surface area contributed by atoms with E-state index in [1.807, 2.05) is 22.6 Å². The number of hydrogen-bond donors (Lipinski definition) is 1. The summed E-state index contributed by atoms with van der Waals surface area (Å²) in [6.07, 6.45) is -1.22. The van der Waals surface area contributed by atoms with Gasteiger partial charge in [0.15, 0.2) is 6.10 Å². The second kappa shape index (κ2) is 2.87. The van der Waals surface area contributed by atoms with Crippen LogP contribution in [-0.2, 0) is 14.3 Å². The van der Waals surface area contributed by atoms with Gasteiger partial charge in [-0.05, 0) is 36.4 Å². The van der Waals surface area contributed by atoms with Gasteiger partial charge in [-0.15, -0.1) is 0 Å². The Hall–Kier alpha value is 0.120. The average Bonchev–Trinajstić information content (AvgIpc) is 2.05. The van der Waals surface area contributed by atoms with Crippen molar-refractivity contribution in [3.8, 4) is 0 Å². The van der Waals surface area contributed by atoms with Gasteiger partial charge in [0, 0.05) is 0 Å². The van der Waals surface area contributed by atoms with Crippen LogP contribution in [0.5, 0.6) is 0 Å². The average molecular weight is 272 g/mol. The van der Waals surface area contributed by atoms with Crippen LogP contribution in [0.4, 0.5) is 0 Å². The Labute approximate surface area is 78.0 Å². The van der Waals surface area contributed by atoms with Gasteiger partial charge in [-0.1, -0.05) is 0 Å². The fourth-order valence-electron chi connectivity index (χ4n) is 0.995. The summed E-state index contributed by atoms with van der Waals surface area (Å²) in [7, 11) is 0. The van der Waals surface area contributed by atoms with Crippen LogP contribution in [0, 0.1) is 0 Å². The Kier molecular flexibility index (Phi) is 2.40. The third kappa shape index (κ3) is 2.03. The van der Waals surface area contributed by atoms with Crippen molar-refractivity contribution in [1.82, 2.24) is 0 Å². The second-order valence-corrected chi connectivity index (χ2v) is 4.49. The molecule has 1 N–H and O–H groups in total. The molecule has 4 nitrogen and oxygen atoms in total. The van der Waals surface area contributed by atoms with Crippen LogP contribution in [-0.4, -0.2) is 27.1 Å². The predicted molar refractivity (Wildman–Crippen MR) is 45.5 cm³/mol. The van der Waals surface area contributed by atoms with E-state index in [0.29, 0.717) is 0 Å². The molecule has 1 unspecified atom stereocenters. The van der Waals surface area contributed by atoms with E-state index < -0.39 is 15.9 Å². The molecule has 0 bridgehead atoms. The molecule has 64 valence electrons. The van der Waals surface area contributed by atoms with Gasteiger partial charge in [0.2, 0.25) is 3.79 Å². The fourth-order valence-corrected chi connectivity index (χ4v) is 1.67. The van der Waals surface area contributed by atoms with E-state index in [9.17, 15) is 4.79 Å². The van der Waals surface area contributed by atoms with Crippen molar-refractivity contribution in [3.05, 3.63) is 0 Å². The van der Waals surface area contributed by atoms with Crippen molar-refractivity contribution in [2.75, 3.05) is 0 Å². The van der Waals surface area contributed by atoms with Crippen LogP contribution in [0.2, 0.25) is 0 Å². The number of aliphatic carboxylic acids is 1. The minimum atomic E-state index is -0.974. The van der Waals surface area contributed by atoms with Gasteiger partial charge < -0.3 is 14.6 Å². The molecule has 0 aliphatic carbocycles. The van der Waals surface area contributed by atoms with E-state index in [-0.39, 0.29) is 6.10 Å². The SMILES string of the molecule is C[C@@H]1OC(C)(I)O[C@@H]1C(=O)O. The van der Waals surface area contributed by atoms with Crippen molar-refractivity contribution in [3.63, 3.8) is 0 Å². The van der Waals surface area contributed by atoms with Crippen molar-refractivity contribution in [2.24, 2.45) is 0 Å². The topological polar surface area (TPSA) is 55.8 Å². The Morgan fingerprint density at radius 2 is 2.18 bits per heavy atom. The largest absolute Gasteiger partial charge is 0.479 e. The zero-order valence-corrected chi connectivity index (χ0v) is 8.36. The molecule has 0 saturated carbocycles. The van der Waals surface area contributed by atoms with Gasteiger partial charge in [0.25, 0.3) is 0 Å². The second-order valence-electron chi connectivity index (χ2n) is 2.53. The first-order chi connectivity index (χ1) is 4.92. The predicted octanol–water partition coefficient (Wildman–Crippen LogP) is 0.984. The van der Waals surface area contributed by atoms with Gasteiger partial charge in [-0.25, -0.2) is 4.79 Å². The molecular formula is C6H9IO4. The fraction of sp³-hybridized carbons (Fsp3) is 0.833. The summed E-state index contributed by atoms with van der Waals surface area (Å²) in [6, 6.07) is 0. The third-order valence-corrected chi connectivity index (χ3v) is 1.91. The first kappa shape index (κ1) is 9.21. The lowest BCUT2D eigenvalue weighted by molar-refractivity contribution is -0.150. The monoisotopic (exact) mass is 272 g/mol. The van der Waals surface area contributed by atoms with Crippen molar-refractivity contribution < 1.29 is 19.4 Å². The molecule has 11 heavy (non-hydrogen) atoms. The number of carboxylic acids is 1. The number of carbonyl (C=O) groups is 1. The van der Waals surface area contributed by atoms with Crippen LogP contribution in [0.25, 0.3) is 0 Å².